The average molecular weight is 221 g/mol. The van der Waals surface area contributed by atoms with Gasteiger partial charge in [0.2, 0.25) is 0 Å². The van der Waals surface area contributed by atoms with E-state index in [4.69, 9.17) is 0 Å². The molecule has 1 aromatic rings. The third-order valence-electron chi connectivity index (χ3n) is 2.60. The molecule has 0 aliphatic carbocycles. The van der Waals surface area contributed by atoms with Gasteiger partial charge >= 0.3 is 0 Å². The van der Waals surface area contributed by atoms with Crippen LogP contribution < -0.4 is 0 Å². The zero-order valence-electron chi connectivity index (χ0n) is 9.23. The first-order valence-corrected chi connectivity index (χ1v) is 8.01. The molecule has 80 valence electrons. The number of rotatable bonds is 3. The second-order valence-corrected chi connectivity index (χ2v) is 8.13. The number of hydrogen-bond donors (Lipinski definition) is 0. The highest BCUT2D eigenvalue weighted by Gasteiger charge is 2.15. The Labute approximate surface area is 90.8 Å². The molecule has 1 aliphatic rings. The molecule has 0 aromatic heterocycles. The lowest BCUT2D eigenvalue weighted by molar-refractivity contribution is 0.582. The maximum absolute atomic E-state index is 11.6. The zero-order valence-corrected chi connectivity index (χ0v) is 10.1. The van der Waals surface area contributed by atoms with Gasteiger partial charge in [0.15, 0.2) is 0 Å². The Morgan fingerprint density at radius 1 is 1.33 bits per heavy atom. The van der Waals surface area contributed by atoms with Crippen LogP contribution in [0.15, 0.2) is 29.3 Å². The highest BCUT2D eigenvalue weighted by Crippen LogP contribution is 2.37. The van der Waals surface area contributed by atoms with Gasteiger partial charge in [-0.25, -0.2) is 0 Å². The van der Waals surface area contributed by atoms with Crippen LogP contribution in [-0.4, -0.2) is 25.2 Å². The summed E-state index contributed by atoms with van der Waals surface area (Å²) in [6, 6.07) is 8.21. The van der Waals surface area contributed by atoms with Gasteiger partial charge in [-0.15, -0.1) is 0 Å². The van der Waals surface area contributed by atoms with Crippen LogP contribution in [0.3, 0.4) is 0 Å². The van der Waals surface area contributed by atoms with Crippen molar-refractivity contribution in [3.05, 3.63) is 29.8 Å². The van der Waals surface area contributed by atoms with Gasteiger partial charge in [0.1, 0.15) is 0 Å². The fourth-order valence-electron chi connectivity index (χ4n) is 1.74. The Kier molecular flexibility index (Phi) is 2.79. The van der Waals surface area contributed by atoms with E-state index in [0.29, 0.717) is 0 Å². The van der Waals surface area contributed by atoms with Crippen LogP contribution in [0.25, 0.3) is 0 Å². The summed E-state index contributed by atoms with van der Waals surface area (Å²) in [5.74, 6) is 0. The lowest BCUT2D eigenvalue weighted by Crippen LogP contribution is -2.01. The number of aliphatic imine (C=N–C) groups is 1. The smallest absolute Gasteiger partial charge is 0.0823 e. The SMILES string of the molecule is CP(C)(=O)CCC1=Nc2ccccc2C1. The normalized spacial score (nSPS) is 14.9. The van der Waals surface area contributed by atoms with Crippen molar-refractivity contribution >= 4 is 18.5 Å². The first kappa shape index (κ1) is 10.6. The van der Waals surface area contributed by atoms with Gasteiger partial charge in [0.25, 0.3) is 0 Å². The van der Waals surface area contributed by atoms with Crippen molar-refractivity contribution in [2.45, 2.75) is 12.8 Å². The van der Waals surface area contributed by atoms with Crippen LogP contribution >= 0.6 is 7.14 Å². The molecule has 0 unspecified atom stereocenters. The highest BCUT2D eigenvalue weighted by atomic mass is 31.2. The topological polar surface area (TPSA) is 29.4 Å². The molecule has 0 atom stereocenters. The standard InChI is InChI=1S/C12H16NOP/c1-15(2,14)8-7-11-9-10-5-3-4-6-12(10)13-11/h3-6H,7-9H2,1-2H3. The Morgan fingerprint density at radius 2 is 2.07 bits per heavy atom. The molecule has 15 heavy (non-hydrogen) atoms. The van der Waals surface area contributed by atoms with E-state index in [1.165, 1.54) is 11.3 Å². The first-order valence-electron chi connectivity index (χ1n) is 5.23. The molecule has 1 heterocycles. The first-order chi connectivity index (χ1) is 7.04. The van der Waals surface area contributed by atoms with Crippen LogP contribution in [0.4, 0.5) is 5.69 Å². The summed E-state index contributed by atoms with van der Waals surface area (Å²) in [4.78, 5) is 4.55. The molecule has 0 spiro atoms. The zero-order chi connectivity index (χ0) is 10.9. The van der Waals surface area contributed by atoms with Crippen LogP contribution in [-0.2, 0) is 11.0 Å². The van der Waals surface area contributed by atoms with E-state index < -0.39 is 7.14 Å². The van der Waals surface area contributed by atoms with Gasteiger partial charge in [-0.2, -0.15) is 0 Å². The van der Waals surface area contributed by atoms with Crippen molar-refractivity contribution in [3.63, 3.8) is 0 Å². The predicted octanol–water partition coefficient (Wildman–Crippen LogP) is 3.33. The molecule has 0 radical (unpaired) electrons. The summed E-state index contributed by atoms with van der Waals surface area (Å²) in [5.41, 5.74) is 3.57. The number of fused-ring (bicyclic) bond motifs is 1. The summed E-state index contributed by atoms with van der Waals surface area (Å²) in [6.45, 7) is 3.69. The molecular weight excluding hydrogens is 205 g/mol. The molecule has 0 bridgehead atoms. The Balaban J connectivity index is 2.03. The van der Waals surface area contributed by atoms with Crippen molar-refractivity contribution < 1.29 is 4.57 Å². The Morgan fingerprint density at radius 3 is 2.73 bits per heavy atom. The second-order valence-electron chi connectivity index (χ2n) is 4.53. The third-order valence-corrected chi connectivity index (χ3v) is 3.90. The van der Waals surface area contributed by atoms with Gasteiger partial charge in [0.05, 0.1) is 12.8 Å². The molecule has 1 aliphatic heterocycles. The average Bonchev–Trinajstić information content (AvgIpc) is 2.56. The summed E-state index contributed by atoms with van der Waals surface area (Å²) in [6.07, 6.45) is 2.59. The second kappa shape index (κ2) is 3.94. The lowest BCUT2D eigenvalue weighted by Gasteiger charge is -2.05. The monoisotopic (exact) mass is 221 g/mol. The minimum absolute atomic E-state index is 0.778. The summed E-state index contributed by atoms with van der Waals surface area (Å²) in [7, 11) is -1.89. The quantitative estimate of drug-likeness (QED) is 0.720. The molecule has 2 rings (SSSR count). The third kappa shape index (κ3) is 2.79. The van der Waals surface area contributed by atoms with Crippen molar-refractivity contribution in [1.82, 2.24) is 0 Å². The lowest BCUT2D eigenvalue weighted by atomic mass is 10.1. The predicted molar refractivity (Wildman–Crippen MR) is 66.2 cm³/mol. The highest BCUT2D eigenvalue weighted by molar-refractivity contribution is 7.62. The molecule has 3 heteroatoms. The number of para-hydroxylation sites is 1. The molecule has 0 N–H and O–H groups in total. The Hall–Kier alpha value is -0.880. The van der Waals surface area contributed by atoms with E-state index >= 15 is 0 Å². The molecule has 2 nitrogen and oxygen atoms in total. The number of nitrogens with zero attached hydrogens (tertiary/aromatic N) is 1. The Bertz CT molecular complexity index is 445. The fourth-order valence-corrected chi connectivity index (χ4v) is 2.54. The summed E-state index contributed by atoms with van der Waals surface area (Å²) < 4.78 is 11.6. The molecule has 0 saturated carbocycles. The molecule has 0 saturated heterocycles. The van der Waals surface area contributed by atoms with Crippen LogP contribution in [0.2, 0.25) is 0 Å². The van der Waals surface area contributed by atoms with E-state index in [9.17, 15) is 4.57 Å². The van der Waals surface area contributed by atoms with Crippen LogP contribution in [0, 0.1) is 0 Å². The van der Waals surface area contributed by atoms with Crippen LogP contribution in [0.1, 0.15) is 12.0 Å². The van der Waals surface area contributed by atoms with E-state index in [0.717, 1.165) is 24.7 Å². The minimum Gasteiger partial charge on any atom is -0.324 e. The van der Waals surface area contributed by atoms with Crippen molar-refractivity contribution in [2.24, 2.45) is 4.99 Å². The van der Waals surface area contributed by atoms with E-state index in [1.807, 2.05) is 31.5 Å². The maximum atomic E-state index is 11.6. The van der Waals surface area contributed by atoms with Crippen molar-refractivity contribution in [3.8, 4) is 0 Å². The van der Waals surface area contributed by atoms with Gasteiger partial charge in [-0.1, -0.05) is 18.2 Å². The minimum atomic E-state index is -1.89. The molecule has 1 aromatic carbocycles. The largest absolute Gasteiger partial charge is 0.324 e. The molecule has 0 amide bonds. The van der Waals surface area contributed by atoms with Gasteiger partial charge in [-0.3, -0.25) is 4.99 Å². The number of hydrogen-bond acceptors (Lipinski definition) is 2. The van der Waals surface area contributed by atoms with E-state index in [-0.39, 0.29) is 0 Å². The van der Waals surface area contributed by atoms with E-state index in [2.05, 4.69) is 11.1 Å². The summed E-state index contributed by atoms with van der Waals surface area (Å²) in [5, 5.41) is 0. The summed E-state index contributed by atoms with van der Waals surface area (Å²) >= 11 is 0. The fraction of sp³-hybridized carbons (Fsp3) is 0.417. The van der Waals surface area contributed by atoms with Gasteiger partial charge in [-0.05, 0) is 31.4 Å². The van der Waals surface area contributed by atoms with Gasteiger partial charge < -0.3 is 4.57 Å². The molecule has 0 fully saturated rings. The maximum Gasteiger partial charge on any atom is 0.0823 e. The number of benzene rings is 1. The molecular formula is C12H16NOP. The van der Waals surface area contributed by atoms with Crippen LogP contribution in [0.5, 0.6) is 0 Å². The van der Waals surface area contributed by atoms with Crippen molar-refractivity contribution in [2.75, 3.05) is 19.5 Å². The van der Waals surface area contributed by atoms with E-state index in [1.54, 1.807) is 0 Å². The van der Waals surface area contributed by atoms with Gasteiger partial charge in [0, 0.05) is 18.3 Å². The van der Waals surface area contributed by atoms with Crippen molar-refractivity contribution in [1.29, 1.82) is 0 Å².